The summed E-state index contributed by atoms with van der Waals surface area (Å²) >= 11 is 1.43. The first kappa shape index (κ1) is 11.8. The minimum absolute atomic E-state index is 0.0635. The number of nitrogens with two attached hydrogens (primary N) is 1. The molecule has 2 rings (SSSR count). The first-order valence-electron chi connectivity index (χ1n) is 5.39. The van der Waals surface area contributed by atoms with E-state index in [2.05, 4.69) is 5.32 Å². The molecular weight excluding hydrogens is 232 g/mol. The highest BCUT2D eigenvalue weighted by molar-refractivity contribution is 7.12. The van der Waals surface area contributed by atoms with Crippen molar-refractivity contribution in [2.75, 3.05) is 6.54 Å². The summed E-state index contributed by atoms with van der Waals surface area (Å²) in [5.74, 6) is -0.0635. The van der Waals surface area contributed by atoms with Gasteiger partial charge >= 0.3 is 0 Å². The van der Waals surface area contributed by atoms with Gasteiger partial charge in [-0.1, -0.05) is 36.4 Å². The Kier molecular flexibility index (Phi) is 3.90. The van der Waals surface area contributed by atoms with Crippen LogP contribution in [0.25, 0.3) is 0 Å². The molecule has 0 aliphatic rings. The molecule has 0 saturated heterocycles. The lowest BCUT2D eigenvalue weighted by Crippen LogP contribution is -2.31. The molecule has 1 aromatic heterocycles. The molecule has 4 heteroatoms. The average molecular weight is 246 g/mol. The maximum absolute atomic E-state index is 11.7. The number of amides is 1. The van der Waals surface area contributed by atoms with Crippen LogP contribution >= 0.6 is 11.3 Å². The van der Waals surface area contributed by atoms with Gasteiger partial charge in [-0.15, -0.1) is 11.3 Å². The van der Waals surface area contributed by atoms with Gasteiger partial charge in [-0.3, -0.25) is 4.79 Å². The quantitative estimate of drug-likeness (QED) is 0.868. The molecule has 3 N–H and O–H groups in total. The Labute approximate surface area is 104 Å². The molecule has 1 amide bonds. The maximum atomic E-state index is 11.7. The van der Waals surface area contributed by atoms with Gasteiger partial charge in [-0.2, -0.15) is 0 Å². The van der Waals surface area contributed by atoms with E-state index in [1.54, 1.807) is 6.07 Å². The molecule has 0 fully saturated rings. The molecule has 2 aromatic rings. The lowest BCUT2D eigenvalue weighted by Gasteiger charge is -2.12. The highest BCUT2D eigenvalue weighted by atomic mass is 32.1. The number of rotatable bonds is 4. The molecule has 0 aliphatic heterocycles. The second kappa shape index (κ2) is 5.61. The zero-order chi connectivity index (χ0) is 12.1. The zero-order valence-corrected chi connectivity index (χ0v) is 10.1. The van der Waals surface area contributed by atoms with E-state index in [1.807, 2.05) is 41.8 Å². The van der Waals surface area contributed by atoms with Gasteiger partial charge < -0.3 is 11.1 Å². The first-order valence-corrected chi connectivity index (χ1v) is 6.27. The maximum Gasteiger partial charge on any atom is 0.261 e. The molecule has 1 atom stereocenters. The first-order chi connectivity index (χ1) is 8.27. The van der Waals surface area contributed by atoms with E-state index < -0.39 is 0 Å². The van der Waals surface area contributed by atoms with Gasteiger partial charge in [-0.05, 0) is 17.0 Å². The minimum atomic E-state index is -0.167. The fourth-order valence-corrected chi connectivity index (χ4v) is 2.16. The van der Waals surface area contributed by atoms with Crippen LogP contribution in [0.3, 0.4) is 0 Å². The summed E-state index contributed by atoms with van der Waals surface area (Å²) in [5, 5.41) is 4.71. The van der Waals surface area contributed by atoms with Crippen LogP contribution in [0.4, 0.5) is 0 Å². The Balaban J connectivity index is 1.89. The smallest absolute Gasteiger partial charge is 0.261 e. The number of benzene rings is 1. The second-order valence-corrected chi connectivity index (χ2v) is 4.65. The lowest BCUT2D eigenvalue weighted by atomic mass is 10.1. The Morgan fingerprint density at radius 2 is 2.00 bits per heavy atom. The van der Waals surface area contributed by atoms with Crippen molar-refractivity contribution in [1.82, 2.24) is 5.32 Å². The standard InChI is InChI=1S/C13H14N2OS/c14-11(10-5-2-1-3-6-10)9-15-13(16)12-7-4-8-17-12/h1-8,11H,9,14H2,(H,15,16). The second-order valence-electron chi connectivity index (χ2n) is 3.70. The average Bonchev–Trinajstić information content (AvgIpc) is 2.90. The topological polar surface area (TPSA) is 55.1 Å². The number of nitrogens with one attached hydrogen (secondary N) is 1. The number of thiophene rings is 1. The van der Waals surface area contributed by atoms with Crippen molar-refractivity contribution < 1.29 is 4.79 Å². The summed E-state index contributed by atoms with van der Waals surface area (Å²) in [5.41, 5.74) is 7.01. The van der Waals surface area contributed by atoms with Crippen molar-refractivity contribution in [3.8, 4) is 0 Å². The molecule has 1 unspecified atom stereocenters. The fourth-order valence-electron chi connectivity index (χ4n) is 1.52. The number of carbonyl (C=O) groups is 1. The van der Waals surface area contributed by atoms with E-state index in [0.29, 0.717) is 11.4 Å². The highest BCUT2D eigenvalue weighted by Crippen LogP contribution is 2.10. The largest absolute Gasteiger partial charge is 0.349 e. The van der Waals surface area contributed by atoms with Crippen LogP contribution in [-0.4, -0.2) is 12.5 Å². The van der Waals surface area contributed by atoms with Crippen molar-refractivity contribution in [1.29, 1.82) is 0 Å². The van der Waals surface area contributed by atoms with Crippen LogP contribution in [0, 0.1) is 0 Å². The van der Waals surface area contributed by atoms with Gasteiger partial charge in [0.1, 0.15) is 0 Å². The summed E-state index contributed by atoms with van der Waals surface area (Å²) in [7, 11) is 0. The molecule has 0 spiro atoms. The third-order valence-electron chi connectivity index (χ3n) is 2.46. The van der Waals surface area contributed by atoms with E-state index >= 15 is 0 Å². The van der Waals surface area contributed by atoms with Crippen LogP contribution in [-0.2, 0) is 0 Å². The summed E-state index contributed by atoms with van der Waals surface area (Å²) < 4.78 is 0. The number of carbonyl (C=O) groups excluding carboxylic acids is 1. The monoisotopic (exact) mass is 246 g/mol. The molecule has 3 nitrogen and oxygen atoms in total. The molecule has 0 bridgehead atoms. The van der Waals surface area contributed by atoms with Gasteiger partial charge in [0.2, 0.25) is 0 Å². The zero-order valence-electron chi connectivity index (χ0n) is 9.30. The fraction of sp³-hybridized carbons (Fsp3) is 0.154. The van der Waals surface area contributed by atoms with E-state index in [9.17, 15) is 4.79 Å². The van der Waals surface area contributed by atoms with Crippen molar-refractivity contribution in [3.05, 3.63) is 58.3 Å². The number of hydrogen-bond acceptors (Lipinski definition) is 3. The summed E-state index contributed by atoms with van der Waals surface area (Å²) in [4.78, 5) is 12.4. The molecule has 0 saturated carbocycles. The van der Waals surface area contributed by atoms with Gasteiger partial charge in [0.05, 0.1) is 4.88 Å². The van der Waals surface area contributed by atoms with Crippen LogP contribution in [0.1, 0.15) is 21.3 Å². The SMILES string of the molecule is NC(CNC(=O)c1cccs1)c1ccccc1. The van der Waals surface area contributed by atoms with Crippen LogP contribution < -0.4 is 11.1 Å². The predicted octanol–water partition coefficient (Wildman–Crippen LogP) is 2.18. The highest BCUT2D eigenvalue weighted by Gasteiger charge is 2.09. The van der Waals surface area contributed by atoms with E-state index in [4.69, 9.17) is 5.73 Å². The Bertz CT molecular complexity index is 467. The molecular formula is C13H14N2OS. The molecule has 88 valence electrons. The van der Waals surface area contributed by atoms with E-state index in [-0.39, 0.29) is 11.9 Å². The van der Waals surface area contributed by atoms with Crippen LogP contribution in [0.5, 0.6) is 0 Å². The Morgan fingerprint density at radius 3 is 2.65 bits per heavy atom. The van der Waals surface area contributed by atoms with Crippen molar-refractivity contribution in [2.45, 2.75) is 6.04 Å². The van der Waals surface area contributed by atoms with Gasteiger partial charge in [-0.25, -0.2) is 0 Å². The summed E-state index contributed by atoms with van der Waals surface area (Å²) in [6, 6.07) is 13.2. The minimum Gasteiger partial charge on any atom is -0.349 e. The third kappa shape index (κ3) is 3.15. The molecule has 1 aromatic carbocycles. The Morgan fingerprint density at radius 1 is 1.24 bits per heavy atom. The summed E-state index contributed by atoms with van der Waals surface area (Å²) in [6.45, 7) is 0.445. The summed E-state index contributed by atoms with van der Waals surface area (Å²) in [6.07, 6.45) is 0. The molecule has 0 aliphatic carbocycles. The molecule has 17 heavy (non-hydrogen) atoms. The molecule has 1 heterocycles. The van der Waals surface area contributed by atoms with Gasteiger partial charge in [0, 0.05) is 12.6 Å². The van der Waals surface area contributed by atoms with E-state index in [1.165, 1.54) is 11.3 Å². The Hall–Kier alpha value is -1.65. The van der Waals surface area contributed by atoms with Crippen LogP contribution in [0.15, 0.2) is 47.8 Å². The van der Waals surface area contributed by atoms with Crippen molar-refractivity contribution >= 4 is 17.2 Å². The van der Waals surface area contributed by atoms with Crippen molar-refractivity contribution in [3.63, 3.8) is 0 Å². The van der Waals surface area contributed by atoms with Crippen molar-refractivity contribution in [2.24, 2.45) is 5.73 Å². The normalized spacial score (nSPS) is 12.1. The number of hydrogen-bond donors (Lipinski definition) is 2. The predicted molar refractivity (Wildman–Crippen MR) is 70.0 cm³/mol. The molecule has 0 radical (unpaired) electrons. The van der Waals surface area contributed by atoms with E-state index in [0.717, 1.165) is 5.56 Å². The van der Waals surface area contributed by atoms with Crippen LogP contribution in [0.2, 0.25) is 0 Å². The van der Waals surface area contributed by atoms with Gasteiger partial charge in [0.15, 0.2) is 0 Å². The third-order valence-corrected chi connectivity index (χ3v) is 3.32. The van der Waals surface area contributed by atoms with Gasteiger partial charge in [0.25, 0.3) is 5.91 Å². The lowest BCUT2D eigenvalue weighted by molar-refractivity contribution is 0.0955.